The van der Waals surface area contributed by atoms with Crippen molar-refractivity contribution >= 4 is 0 Å². The van der Waals surface area contributed by atoms with Gasteiger partial charge in [-0.15, -0.1) is 10.2 Å². The fourth-order valence-electron chi connectivity index (χ4n) is 2.80. The van der Waals surface area contributed by atoms with Gasteiger partial charge in [0, 0.05) is 18.5 Å². The molecule has 1 saturated carbocycles. The third-order valence-corrected chi connectivity index (χ3v) is 3.69. The van der Waals surface area contributed by atoms with Gasteiger partial charge in [0.2, 0.25) is 0 Å². The maximum Gasteiger partial charge on any atom is 0.133 e. The quantitative estimate of drug-likeness (QED) is 0.854. The molecule has 4 nitrogen and oxygen atoms in total. The molecular weight excluding hydrogens is 212 g/mol. The molecule has 0 amide bonds. The van der Waals surface area contributed by atoms with Crippen molar-refractivity contribution in [1.29, 1.82) is 0 Å². The Labute approximate surface area is 104 Å². The normalized spacial score (nSPS) is 18.8. The molecule has 96 valence electrons. The molecule has 0 aliphatic heterocycles. The summed E-state index contributed by atoms with van der Waals surface area (Å²) in [5, 5.41) is 8.57. The summed E-state index contributed by atoms with van der Waals surface area (Å²) in [5.41, 5.74) is 5.78. The summed E-state index contributed by atoms with van der Waals surface area (Å²) in [6.45, 7) is 4.13. The van der Waals surface area contributed by atoms with Gasteiger partial charge in [-0.1, -0.05) is 12.8 Å². The molecule has 1 fully saturated rings. The fourth-order valence-corrected chi connectivity index (χ4v) is 2.80. The minimum absolute atomic E-state index is 0.291. The molecule has 2 rings (SSSR count). The first-order chi connectivity index (χ1) is 8.18. The molecule has 17 heavy (non-hydrogen) atoms. The van der Waals surface area contributed by atoms with Crippen LogP contribution < -0.4 is 5.73 Å². The van der Waals surface area contributed by atoms with E-state index in [1.165, 1.54) is 25.7 Å². The van der Waals surface area contributed by atoms with E-state index in [0.29, 0.717) is 12.1 Å². The van der Waals surface area contributed by atoms with Crippen LogP contribution in [-0.2, 0) is 6.42 Å². The van der Waals surface area contributed by atoms with Crippen molar-refractivity contribution in [3.05, 3.63) is 11.6 Å². The molecule has 1 atom stereocenters. The van der Waals surface area contributed by atoms with E-state index >= 15 is 0 Å². The van der Waals surface area contributed by atoms with Crippen LogP contribution in [0, 0.1) is 6.92 Å². The Morgan fingerprint density at radius 1 is 1.35 bits per heavy atom. The second-order valence-electron chi connectivity index (χ2n) is 5.34. The average Bonchev–Trinajstić information content (AvgIpc) is 2.87. The van der Waals surface area contributed by atoms with E-state index in [9.17, 15) is 0 Å². The highest BCUT2D eigenvalue weighted by Crippen LogP contribution is 2.31. The predicted molar refractivity (Wildman–Crippen MR) is 68.9 cm³/mol. The van der Waals surface area contributed by atoms with Gasteiger partial charge in [0.25, 0.3) is 0 Å². The van der Waals surface area contributed by atoms with E-state index in [-0.39, 0.29) is 0 Å². The lowest BCUT2D eigenvalue weighted by Gasteiger charge is -2.15. The third-order valence-electron chi connectivity index (χ3n) is 3.69. The molecule has 1 aliphatic rings. The van der Waals surface area contributed by atoms with Crippen molar-refractivity contribution in [1.82, 2.24) is 14.8 Å². The van der Waals surface area contributed by atoms with Crippen molar-refractivity contribution in [2.75, 3.05) is 0 Å². The Kier molecular flexibility index (Phi) is 4.15. The summed E-state index contributed by atoms with van der Waals surface area (Å²) < 4.78 is 2.37. The Hall–Kier alpha value is -0.900. The third kappa shape index (κ3) is 3.06. The highest BCUT2D eigenvalue weighted by Gasteiger charge is 2.21. The van der Waals surface area contributed by atoms with E-state index in [1.54, 1.807) is 0 Å². The summed E-state index contributed by atoms with van der Waals surface area (Å²) in [7, 11) is 0. The molecule has 1 aromatic rings. The lowest BCUT2D eigenvalue weighted by atomic mass is 10.1. The molecular formula is C13H24N4. The second-order valence-corrected chi connectivity index (χ2v) is 5.34. The van der Waals surface area contributed by atoms with Crippen molar-refractivity contribution in [3.63, 3.8) is 0 Å². The zero-order chi connectivity index (χ0) is 12.3. The van der Waals surface area contributed by atoms with Gasteiger partial charge in [-0.2, -0.15) is 0 Å². The van der Waals surface area contributed by atoms with Crippen LogP contribution in [0.4, 0.5) is 0 Å². The second kappa shape index (κ2) is 5.63. The molecule has 4 heteroatoms. The number of nitrogens with zero attached hydrogens (tertiary/aromatic N) is 3. The van der Waals surface area contributed by atoms with Crippen LogP contribution >= 0.6 is 0 Å². The molecule has 0 aromatic carbocycles. The first-order valence-electron chi connectivity index (χ1n) is 6.84. The number of nitrogens with two attached hydrogens (primary N) is 1. The van der Waals surface area contributed by atoms with Gasteiger partial charge >= 0.3 is 0 Å². The highest BCUT2D eigenvalue weighted by atomic mass is 15.3. The predicted octanol–water partition coefficient (Wildman–Crippen LogP) is 2.37. The van der Waals surface area contributed by atoms with E-state index in [1.807, 2.05) is 0 Å². The largest absolute Gasteiger partial charge is 0.328 e. The number of aromatic nitrogens is 3. The van der Waals surface area contributed by atoms with Crippen LogP contribution in [0.1, 0.15) is 63.1 Å². The summed E-state index contributed by atoms with van der Waals surface area (Å²) in [4.78, 5) is 0. The lowest BCUT2D eigenvalue weighted by molar-refractivity contribution is 0.478. The fraction of sp³-hybridized carbons (Fsp3) is 0.846. The standard InChI is InChI=1S/C13H24N4/c1-10(14)6-5-9-13-16-15-11(2)17(13)12-7-3-4-8-12/h10,12H,3-9,14H2,1-2H3. The van der Waals surface area contributed by atoms with Gasteiger partial charge in [0.15, 0.2) is 0 Å². The van der Waals surface area contributed by atoms with Crippen LogP contribution in [0.2, 0.25) is 0 Å². The first kappa shape index (κ1) is 12.6. The minimum Gasteiger partial charge on any atom is -0.328 e. The SMILES string of the molecule is Cc1nnc(CCCC(C)N)n1C1CCCC1. The summed E-state index contributed by atoms with van der Waals surface area (Å²) in [6.07, 6.45) is 8.47. The Morgan fingerprint density at radius 2 is 2.06 bits per heavy atom. The molecule has 1 unspecified atom stereocenters. The maximum absolute atomic E-state index is 5.78. The molecule has 2 N–H and O–H groups in total. The first-order valence-corrected chi connectivity index (χ1v) is 6.84. The molecule has 0 saturated heterocycles. The summed E-state index contributed by atoms with van der Waals surface area (Å²) >= 11 is 0. The topological polar surface area (TPSA) is 56.7 Å². The lowest BCUT2D eigenvalue weighted by Crippen LogP contribution is -2.16. The molecule has 0 spiro atoms. The maximum atomic E-state index is 5.78. The van der Waals surface area contributed by atoms with Gasteiger partial charge in [-0.25, -0.2) is 0 Å². The zero-order valence-corrected chi connectivity index (χ0v) is 11.0. The number of hydrogen-bond acceptors (Lipinski definition) is 3. The summed E-state index contributed by atoms with van der Waals surface area (Å²) in [6, 6.07) is 0.939. The molecule has 0 radical (unpaired) electrons. The number of hydrogen-bond donors (Lipinski definition) is 1. The summed E-state index contributed by atoms with van der Waals surface area (Å²) in [5.74, 6) is 2.24. The zero-order valence-electron chi connectivity index (χ0n) is 11.0. The monoisotopic (exact) mass is 236 g/mol. The highest BCUT2D eigenvalue weighted by molar-refractivity contribution is 4.98. The van der Waals surface area contributed by atoms with E-state index in [2.05, 4.69) is 28.6 Å². The van der Waals surface area contributed by atoms with Crippen LogP contribution in [-0.4, -0.2) is 20.8 Å². The van der Waals surface area contributed by atoms with Gasteiger partial charge in [0.05, 0.1) is 0 Å². The van der Waals surface area contributed by atoms with Crippen molar-refractivity contribution in [2.24, 2.45) is 5.73 Å². The van der Waals surface area contributed by atoms with Gasteiger partial charge in [0.1, 0.15) is 11.6 Å². The van der Waals surface area contributed by atoms with Crippen molar-refractivity contribution in [2.45, 2.75) is 70.9 Å². The van der Waals surface area contributed by atoms with Gasteiger partial charge < -0.3 is 10.3 Å². The van der Waals surface area contributed by atoms with E-state index in [4.69, 9.17) is 5.73 Å². The number of aryl methyl sites for hydroxylation is 2. The Morgan fingerprint density at radius 3 is 2.71 bits per heavy atom. The Balaban J connectivity index is 2.01. The van der Waals surface area contributed by atoms with Gasteiger partial charge in [-0.3, -0.25) is 0 Å². The smallest absolute Gasteiger partial charge is 0.133 e. The molecule has 1 aliphatic carbocycles. The van der Waals surface area contributed by atoms with Crippen LogP contribution in [0.15, 0.2) is 0 Å². The van der Waals surface area contributed by atoms with Crippen molar-refractivity contribution in [3.8, 4) is 0 Å². The van der Waals surface area contributed by atoms with E-state index in [0.717, 1.165) is 30.9 Å². The Bertz CT molecular complexity index is 350. The van der Waals surface area contributed by atoms with E-state index < -0.39 is 0 Å². The van der Waals surface area contributed by atoms with Crippen LogP contribution in [0.25, 0.3) is 0 Å². The molecule has 0 bridgehead atoms. The average molecular weight is 236 g/mol. The van der Waals surface area contributed by atoms with Crippen molar-refractivity contribution < 1.29 is 0 Å². The van der Waals surface area contributed by atoms with Crippen LogP contribution in [0.3, 0.4) is 0 Å². The van der Waals surface area contributed by atoms with Crippen LogP contribution in [0.5, 0.6) is 0 Å². The molecule has 1 aromatic heterocycles. The number of rotatable bonds is 5. The van der Waals surface area contributed by atoms with Gasteiger partial charge in [-0.05, 0) is 39.5 Å². The minimum atomic E-state index is 0.291. The molecule has 1 heterocycles.